The Morgan fingerprint density at radius 2 is 1.17 bits per heavy atom. The smallest absolute Gasteiger partial charge is 0.152 e. The number of para-hydroxylation sites is 2. The Balaban J connectivity index is 0.00000288. The Labute approximate surface area is 152 Å². The molecule has 0 aliphatic rings. The standard InChI is InChI=1S/C20H27NO2.ClH/c1-6-21(17(4)22-19-13-9-7-11-15(19)2)18(5)23-20-14-10-8-12-16(20)3;/h7-14,17-18H,6H2,1-5H3;1H. The summed E-state index contributed by atoms with van der Waals surface area (Å²) in [5.41, 5.74) is 2.28. The summed E-state index contributed by atoms with van der Waals surface area (Å²) in [4.78, 5) is 2.19. The van der Waals surface area contributed by atoms with E-state index in [9.17, 15) is 0 Å². The summed E-state index contributed by atoms with van der Waals surface area (Å²) in [6, 6.07) is 16.2. The summed E-state index contributed by atoms with van der Waals surface area (Å²) in [7, 11) is 0. The van der Waals surface area contributed by atoms with E-state index in [2.05, 4.69) is 51.7 Å². The fraction of sp³-hybridized carbons (Fsp3) is 0.400. The Kier molecular flexibility index (Phi) is 8.09. The Morgan fingerprint density at radius 3 is 1.50 bits per heavy atom. The van der Waals surface area contributed by atoms with Crippen molar-refractivity contribution < 1.29 is 9.47 Å². The van der Waals surface area contributed by atoms with Gasteiger partial charge in [-0.1, -0.05) is 43.3 Å². The molecule has 0 saturated heterocycles. The number of nitrogens with zero attached hydrogens (tertiary/aromatic N) is 1. The first-order chi connectivity index (χ1) is 11.0. The summed E-state index contributed by atoms with van der Waals surface area (Å²) in [5, 5.41) is 0. The van der Waals surface area contributed by atoms with Gasteiger partial charge < -0.3 is 9.47 Å². The quantitative estimate of drug-likeness (QED) is 0.641. The van der Waals surface area contributed by atoms with Crippen LogP contribution in [0, 0.1) is 13.8 Å². The van der Waals surface area contributed by atoms with Crippen LogP contribution in [0.15, 0.2) is 48.5 Å². The lowest BCUT2D eigenvalue weighted by atomic mass is 10.2. The van der Waals surface area contributed by atoms with Crippen molar-refractivity contribution in [1.82, 2.24) is 4.90 Å². The lowest BCUT2D eigenvalue weighted by Gasteiger charge is -2.34. The number of ether oxygens (including phenoxy) is 2. The minimum absolute atomic E-state index is 0. The minimum Gasteiger partial charge on any atom is -0.475 e. The molecule has 24 heavy (non-hydrogen) atoms. The summed E-state index contributed by atoms with van der Waals surface area (Å²) in [6.07, 6.45) is -0.139. The van der Waals surface area contributed by atoms with E-state index < -0.39 is 0 Å². The summed E-state index contributed by atoms with van der Waals surface area (Å²) in [5.74, 6) is 1.84. The second-order valence-corrected chi connectivity index (χ2v) is 5.80. The molecule has 0 N–H and O–H groups in total. The SMILES string of the molecule is CCN(C(C)Oc1ccccc1C)C(C)Oc1ccccc1C.Cl. The first kappa shape index (κ1) is 20.3. The van der Waals surface area contributed by atoms with Gasteiger partial charge in [-0.05, 0) is 51.0 Å². The van der Waals surface area contributed by atoms with E-state index in [1.54, 1.807) is 0 Å². The lowest BCUT2D eigenvalue weighted by Crippen LogP contribution is -2.46. The van der Waals surface area contributed by atoms with Gasteiger partial charge in [-0.2, -0.15) is 0 Å². The molecule has 0 bridgehead atoms. The molecule has 2 rings (SSSR count). The van der Waals surface area contributed by atoms with Crippen LogP contribution in [0.1, 0.15) is 31.9 Å². The third-order valence-electron chi connectivity index (χ3n) is 4.08. The predicted octanol–water partition coefficient (Wildman–Crippen LogP) is 5.20. The molecule has 0 aromatic heterocycles. The highest BCUT2D eigenvalue weighted by molar-refractivity contribution is 5.85. The fourth-order valence-corrected chi connectivity index (χ4v) is 2.69. The normalized spacial score (nSPS) is 13.1. The third kappa shape index (κ3) is 5.15. The Hall–Kier alpha value is -1.71. The number of hydrogen-bond donors (Lipinski definition) is 0. The zero-order chi connectivity index (χ0) is 16.8. The van der Waals surface area contributed by atoms with Crippen LogP contribution in [0.25, 0.3) is 0 Å². The van der Waals surface area contributed by atoms with Gasteiger partial charge in [0.25, 0.3) is 0 Å². The van der Waals surface area contributed by atoms with Crippen molar-refractivity contribution in [3.05, 3.63) is 59.7 Å². The van der Waals surface area contributed by atoms with E-state index in [0.717, 1.165) is 29.2 Å². The van der Waals surface area contributed by atoms with E-state index in [1.165, 1.54) is 0 Å². The van der Waals surface area contributed by atoms with Gasteiger partial charge in [0, 0.05) is 6.54 Å². The van der Waals surface area contributed by atoms with Crippen molar-refractivity contribution in [2.75, 3.05) is 6.54 Å². The number of halogens is 1. The van der Waals surface area contributed by atoms with Crippen LogP contribution in [-0.4, -0.2) is 23.9 Å². The molecule has 0 saturated carbocycles. The molecule has 0 heterocycles. The van der Waals surface area contributed by atoms with Crippen LogP contribution in [0.4, 0.5) is 0 Å². The van der Waals surface area contributed by atoms with Gasteiger partial charge in [0.2, 0.25) is 0 Å². The molecule has 0 radical (unpaired) electrons. The molecular weight excluding hydrogens is 322 g/mol. The van der Waals surface area contributed by atoms with Gasteiger partial charge in [-0.25, -0.2) is 4.90 Å². The van der Waals surface area contributed by atoms with Crippen molar-refractivity contribution in [1.29, 1.82) is 0 Å². The molecule has 132 valence electrons. The monoisotopic (exact) mass is 349 g/mol. The van der Waals surface area contributed by atoms with Crippen LogP contribution < -0.4 is 9.47 Å². The summed E-state index contributed by atoms with van der Waals surface area (Å²) < 4.78 is 12.3. The molecule has 0 aliphatic heterocycles. The van der Waals surface area contributed by atoms with E-state index in [-0.39, 0.29) is 24.9 Å². The molecule has 3 nitrogen and oxygen atoms in total. The van der Waals surface area contributed by atoms with Crippen LogP contribution in [0.3, 0.4) is 0 Å². The van der Waals surface area contributed by atoms with Gasteiger partial charge in [0.15, 0.2) is 12.5 Å². The molecular formula is C20H28ClNO2. The van der Waals surface area contributed by atoms with E-state index in [1.807, 2.05) is 36.4 Å². The molecule has 2 aromatic carbocycles. The highest BCUT2D eigenvalue weighted by Crippen LogP contribution is 2.22. The van der Waals surface area contributed by atoms with Crippen LogP contribution >= 0.6 is 12.4 Å². The molecule has 2 aromatic rings. The molecule has 0 spiro atoms. The summed E-state index contributed by atoms with van der Waals surface area (Å²) in [6.45, 7) is 11.2. The van der Waals surface area contributed by atoms with Gasteiger partial charge in [0.05, 0.1) is 0 Å². The Morgan fingerprint density at radius 1 is 0.792 bits per heavy atom. The largest absolute Gasteiger partial charge is 0.475 e. The van der Waals surface area contributed by atoms with Gasteiger partial charge in [-0.15, -0.1) is 12.4 Å². The number of rotatable bonds is 7. The highest BCUT2D eigenvalue weighted by Gasteiger charge is 2.22. The first-order valence-corrected chi connectivity index (χ1v) is 8.23. The van der Waals surface area contributed by atoms with Gasteiger partial charge >= 0.3 is 0 Å². The molecule has 0 aliphatic carbocycles. The van der Waals surface area contributed by atoms with Crippen molar-refractivity contribution in [3.8, 4) is 11.5 Å². The molecule has 0 amide bonds. The van der Waals surface area contributed by atoms with E-state index in [0.29, 0.717) is 0 Å². The van der Waals surface area contributed by atoms with E-state index >= 15 is 0 Å². The number of hydrogen-bond acceptors (Lipinski definition) is 3. The predicted molar refractivity (Wildman–Crippen MR) is 102 cm³/mol. The first-order valence-electron chi connectivity index (χ1n) is 8.23. The topological polar surface area (TPSA) is 21.7 Å². The fourth-order valence-electron chi connectivity index (χ4n) is 2.69. The van der Waals surface area contributed by atoms with Crippen LogP contribution in [-0.2, 0) is 0 Å². The van der Waals surface area contributed by atoms with Crippen molar-refractivity contribution >= 4 is 12.4 Å². The molecule has 2 atom stereocenters. The van der Waals surface area contributed by atoms with Crippen LogP contribution in [0.2, 0.25) is 0 Å². The summed E-state index contributed by atoms with van der Waals surface area (Å²) >= 11 is 0. The number of benzene rings is 2. The zero-order valence-electron chi connectivity index (χ0n) is 15.2. The lowest BCUT2D eigenvalue weighted by molar-refractivity contribution is -0.0564. The highest BCUT2D eigenvalue weighted by atomic mass is 35.5. The molecule has 2 unspecified atom stereocenters. The zero-order valence-corrected chi connectivity index (χ0v) is 16.0. The van der Waals surface area contributed by atoms with Crippen LogP contribution in [0.5, 0.6) is 11.5 Å². The minimum atomic E-state index is -0.0693. The van der Waals surface area contributed by atoms with Crippen molar-refractivity contribution in [2.45, 2.75) is 47.1 Å². The van der Waals surface area contributed by atoms with Crippen molar-refractivity contribution in [2.24, 2.45) is 0 Å². The second-order valence-electron chi connectivity index (χ2n) is 5.80. The maximum Gasteiger partial charge on any atom is 0.152 e. The number of aryl methyl sites for hydroxylation is 2. The third-order valence-corrected chi connectivity index (χ3v) is 4.08. The molecule has 4 heteroatoms. The van der Waals surface area contributed by atoms with Crippen molar-refractivity contribution in [3.63, 3.8) is 0 Å². The average Bonchev–Trinajstić information content (AvgIpc) is 2.52. The maximum absolute atomic E-state index is 6.13. The van der Waals surface area contributed by atoms with E-state index in [4.69, 9.17) is 9.47 Å². The van der Waals surface area contributed by atoms with Gasteiger partial charge in [-0.3, -0.25) is 0 Å². The van der Waals surface area contributed by atoms with Gasteiger partial charge in [0.1, 0.15) is 11.5 Å². The average molecular weight is 350 g/mol. The second kappa shape index (κ2) is 9.55. The maximum atomic E-state index is 6.13. The molecule has 0 fully saturated rings. The Bertz CT molecular complexity index is 579.